The monoisotopic (exact) mass is 287 g/mol. The highest BCUT2D eigenvalue weighted by molar-refractivity contribution is 7.91. The quantitative estimate of drug-likeness (QED) is 0.865. The molecular formula is C13H18ClNO2S. The normalized spacial score (nSPS) is 17.2. The topological polar surface area (TPSA) is 60.2 Å². The number of nitrogens with two attached hydrogens (primary N) is 1. The zero-order chi connectivity index (χ0) is 13.2. The fourth-order valence-electron chi connectivity index (χ4n) is 2.44. The van der Waals surface area contributed by atoms with E-state index in [-0.39, 0.29) is 10.6 Å². The predicted octanol–water partition coefficient (Wildman–Crippen LogP) is 3.28. The van der Waals surface area contributed by atoms with E-state index in [0.717, 1.165) is 19.3 Å². The first-order valence-electron chi connectivity index (χ1n) is 6.27. The summed E-state index contributed by atoms with van der Waals surface area (Å²) >= 11 is 5.86. The fourth-order valence-corrected chi connectivity index (χ4v) is 4.14. The number of benzene rings is 1. The first-order valence-corrected chi connectivity index (χ1v) is 8.30. The molecule has 0 aliphatic heterocycles. The van der Waals surface area contributed by atoms with Gasteiger partial charge in [-0.3, -0.25) is 0 Å². The molecule has 2 rings (SSSR count). The molecule has 18 heavy (non-hydrogen) atoms. The van der Waals surface area contributed by atoms with Gasteiger partial charge in [0.15, 0.2) is 9.84 Å². The minimum absolute atomic E-state index is 0.206. The summed E-state index contributed by atoms with van der Waals surface area (Å²) in [5.41, 5.74) is 5.99. The molecule has 0 amide bonds. The Hall–Kier alpha value is -0.740. The number of hydrogen-bond donors (Lipinski definition) is 1. The zero-order valence-corrected chi connectivity index (χ0v) is 11.8. The Kier molecular flexibility index (Phi) is 4.17. The molecule has 3 nitrogen and oxygen atoms in total. The number of hydrogen-bond acceptors (Lipinski definition) is 3. The van der Waals surface area contributed by atoms with Crippen LogP contribution in [0.3, 0.4) is 0 Å². The molecule has 1 aromatic rings. The summed E-state index contributed by atoms with van der Waals surface area (Å²) in [4.78, 5) is 0.277. The number of anilines is 1. The van der Waals surface area contributed by atoms with Gasteiger partial charge in [0, 0.05) is 0 Å². The van der Waals surface area contributed by atoms with Gasteiger partial charge in [0.05, 0.1) is 21.4 Å². The first kappa shape index (κ1) is 13.7. The lowest BCUT2D eigenvalue weighted by Gasteiger charge is -2.10. The molecule has 0 saturated heterocycles. The zero-order valence-electron chi connectivity index (χ0n) is 10.2. The van der Waals surface area contributed by atoms with Crippen LogP contribution >= 0.6 is 11.6 Å². The van der Waals surface area contributed by atoms with Crippen molar-refractivity contribution >= 4 is 27.1 Å². The van der Waals surface area contributed by atoms with Crippen molar-refractivity contribution in [1.29, 1.82) is 0 Å². The van der Waals surface area contributed by atoms with Gasteiger partial charge >= 0.3 is 0 Å². The summed E-state index contributed by atoms with van der Waals surface area (Å²) in [5.74, 6) is 0.779. The molecule has 1 saturated carbocycles. The van der Waals surface area contributed by atoms with Crippen molar-refractivity contribution in [2.75, 3.05) is 11.5 Å². The summed E-state index contributed by atoms with van der Waals surface area (Å²) in [6, 6.07) is 4.52. The Labute approximate surface area is 113 Å². The summed E-state index contributed by atoms with van der Waals surface area (Å²) in [6.45, 7) is 0. The van der Waals surface area contributed by atoms with E-state index < -0.39 is 9.84 Å². The van der Waals surface area contributed by atoms with Crippen molar-refractivity contribution < 1.29 is 8.42 Å². The number of nitrogen functional groups attached to an aromatic ring is 1. The van der Waals surface area contributed by atoms with Crippen molar-refractivity contribution in [2.24, 2.45) is 5.92 Å². The molecule has 1 aliphatic carbocycles. The van der Waals surface area contributed by atoms with Crippen molar-refractivity contribution in [3.63, 3.8) is 0 Å². The minimum Gasteiger partial charge on any atom is -0.398 e. The molecular weight excluding hydrogens is 270 g/mol. The maximum Gasteiger partial charge on any atom is 0.178 e. The van der Waals surface area contributed by atoms with E-state index in [2.05, 4.69) is 0 Å². The summed E-state index contributed by atoms with van der Waals surface area (Å²) < 4.78 is 24.3. The van der Waals surface area contributed by atoms with Crippen molar-refractivity contribution in [2.45, 2.75) is 37.0 Å². The average molecular weight is 288 g/mol. The van der Waals surface area contributed by atoms with Gasteiger partial charge in [-0.1, -0.05) is 37.3 Å². The molecule has 1 aliphatic rings. The van der Waals surface area contributed by atoms with Crippen LogP contribution in [0.25, 0.3) is 0 Å². The second-order valence-corrected chi connectivity index (χ2v) is 7.46. The van der Waals surface area contributed by atoms with Gasteiger partial charge in [-0.15, -0.1) is 0 Å². The van der Waals surface area contributed by atoms with Crippen LogP contribution in [0, 0.1) is 5.92 Å². The smallest absolute Gasteiger partial charge is 0.178 e. The average Bonchev–Trinajstić information content (AvgIpc) is 2.83. The highest BCUT2D eigenvalue weighted by Crippen LogP contribution is 2.29. The van der Waals surface area contributed by atoms with Crippen LogP contribution in [0.15, 0.2) is 23.1 Å². The lowest BCUT2D eigenvalue weighted by atomic mass is 10.1. The van der Waals surface area contributed by atoms with Gasteiger partial charge in [-0.25, -0.2) is 8.42 Å². The van der Waals surface area contributed by atoms with Gasteiger partial charge in [0.25, 0.3) is 0 Å². The van der Waals surface area contributed by atoms with E-state index >= 15 is 0 Å². The van der Waals surface area contributed by atoms with Crippen LogP contribution in [0.5, 0.6) is 0 Å². The minimum atomic E-state index is -3.23. The Morgan fingerprint density at radius 3 is 2.56 bits per heavy atom. The van der Waals surface area contributed by atoms with Crippen LogP contribution in [0.2, 0.25) is 5.02 Å². The Balaban J connectivity index is 2.07. The number of sulfone groups is 1. The maximum absolute atomic E-state index is 12.2. The molecule has 0 bridgehead atoms. The Morgan fingerprint density at radius 2 is 1.94 bits per heavy atom. The third kappa shape index (κ3) is 3.18. The summed E-state index contributed by atoms with van der Waals surface area (Å²) in [6.07, 6.45) is 5.55. The molecule has 0 radical (unpaired) electrons. The van der Waals surface area contributed by atoms with Crippen molar-refractivity contribution in [1.82, 2.24) is 0 Å². The van der Waals surface area contributed by atoms with E-state index in [0.29, 0.717) is 16.6 Å². The predicted molar refractivity (Wildman–Crippen MR) is 74.5 cm³/mol. The highest BCUT2D eigenvalue weighted by atomic mass is 35.5. The largest absolute Gasteiger partial charge is 0.398 e. The molecule has 0 unspecified atom stereocenters. The molecule has 100 valence electrons. The Bertz CT molecular complexity index is 522. The lowest BCUT2D eigenvalue weighted by Crippen LogP contribution is -2.10. The summed E-state index contributed by atoms with van der Waals surface area (Å²) in [5, 5.41) is 0.303. The van der Waals surface area contributed by atoms with Gasteiger partial charge in [0.1, 0.15) is 0 Å². The van der Waals surface area contributed by atoms with Crippen LogP contribution in [0.4, 0.5) is 5.69 Å². The first-order chi connectivity index (χ1) is 8.49. The van der Waals surface area contributed by atoms with Crippen LogP contribution in [-0.4, -0.2) is 14.2 Å². The molecule has 0 spiro atoms. The SMILES string of the molecule is Nc1ccc(S(=O)(=O)CCC2CCCC2)cc1Cl. The van der Waals surface area contributed by atoms with E-state index in [1.807, 2.05) is 0 Å². The van der Waals surface area contributed by atoms with Crippen LogP contribution in [0.1, 0.15) is 32.1 Å². The van der Waals surface area contributed by atoms with E-state index in [9.17, 15) is 8.42 Å². The van der Waals surface area contributed by atoms with Crippen LogP contribution < -0.4 is 5.73 Å². The van der Waals surface area contributed by atoms with E-state index in [1.54, 1.807) is 6.07 Å². The Morgan fingerprint density at radius 1 is 1.28 bits per heavy atom. The molecule has 1 fully saturated rings. The van der Waals surface area contributed by atoms with E-state index in [1.165, 1.54) is 25.0 Å². The molecule has 5 heteroatoms. The van der Waals surface area contributed by atoms with E-state index in [4.69, 9.17) is 17.3 Å². The fraction of sp³-hybridized carbons (Fsp3) is 0.538. The maximum atomic E-state index is 12.2. The van der Waals surface area contributed by atoms with Gasteiger partial charge in [-0.05, 0) is 30.5 Å². The van der Waals surface area contributed by atoms with Gasteiger partial charge in [0.2, 0.25) is 0 Å². The van der Waals surface area contributed by atoms with Crippen LogP contribution in [-0.2, 0) is 9.84 Å². The standard InChI is InChI=1S/C13H18ClNO2S/c14-12-9-11(5-6-13(12)15)18(16,17)8-7-10-3-1-2-4-10/h5-6,9-10H,1-4,7-8,15H2. The van der Waals surface area contributed by atoms with Crippen molar-refractivity contribution in [3.05, 3.63) is 23.2 Å². The third-order valence-electron chi connectivity index (χ3n) is 3.60. The second kappa shape index (κ2) is 5.49. The third-order valence-corrected chi connectivity index (χ3v) is 5.67. The summed E-state index contributed by atoms with van der Waals surface area (Å²) in [7, 11) is -3.23. The molecule has 0 atom stereocenters. The molecule has 1 aromatic carbocycles. The lowest BCUT2D eigenvalue weighted by molar-refractivity contribution is 0.521. The second-order valence-electron chi connectivity index (χ2n) is 4.94. The van der Waals surface area contributed by atoms with Crippen molar-refractivity contribution in [3.8, 4) is 0 Å². The molecule has 2 N–H and O–H groups in total. The number of halogens is 1. The molecule has 0 heterocycles. The van der Waals surface area contributed by atoms with Gasteiger partial charge < -0.3 is 5.73 Å². The van der Waals surface area contributed by atoms with Gasteiger partial charge in [-0.2, -0.15) is 0 Å². The molecule has 0 aromatic heterocycles. The number of rotatable bonds is 4. The highest BCUT2D eigenvalue weighted by Gasteiger charge is 2.20.